The molecule has 4 heteroatoms. The van der Waals surface area contributed by atoms with Crippen molar-refractivity contribution < 1.29 is 4.79 Å². The predicted molar refractivity (Wildman–Crippen MR) is 70.8 cm³/mol. The monoisotopic (exact) mass is 241 g/mol. The Bertz CT molecular complexity index is 243. The lowest BCUT2D eigenvalue weighted by atomic mass is 10.0. The van der Waals surface area contributed by atoms with Crippen molar-refractivity contribution in [2.75, 3.05) is 27.2 Å². The molecular weight excluding hydrogens is 214 g/mol. The molecule has 1 heterocycles. The van der Waals surface area contributed by atoms with E-state index in [9.17, 15) is 4.79 Å². The summed E-state index contributed by atoms with van der Waals surface area (Å²) >= 11 is 0. The Kier molecular flexibility index (Phi) is 5.92. The Hall–Kier alpha value is -0.610. The van der Waals surface area contributed by atoms with Crippen molar-refractivity contribution >= 4 is 5.91 Å². The van der Waals surface area contributed by atoms with Crippen LogP contribution in [-0.2, 0) is 4.79 Å². The zero-order valence-corrected chi connectivity index (χ0v) is 11.5. The molecule has 1 aliphatic rings. The Morgan fingerprint density at radius 1 is 1.59 bits per heavy atom. The summed E-state index contributed by atoms with van der Waals surface area (Å²) in [7, 11) is 4.07. The predicted octanol–water partition coefficient (Wildman–Crippen LogP) is 1.06. The van der Waals surface area contributed by atoms with Gasteiger partial charge in [-0.05, 0) is 46.2 Å². The van der Waals surface area contributed by atoms with Crippen molar-refractivity contribution in [2.24, 2.45) is 5.73 Å². The normalized spacial score (nSPS) is 23.4. The van der Waals surface area contributed by atoms with E-state index in [1.54, 1.807) is 0 Å². The summed E-state index contributed by atoms with van der Waals surface area (Å²) in [6.45, 7) is 4.16. The fourth-order valence-corrected chi connectivity index (χ4v) is 2.41. The first kappa shape index (κ1) is 14.5. The lowest BCUT2D eigenvalue weighted by Crippen LogP contribution is -2.47. The molecule has 1 aliphatic heterocycles. The second-order valence-electron chi connectivity index (χ2n) is 5.43. The van der Waals surface area contributed by atoms with Crippen LogP contribution in [0.15, 0.2) is 0 Å². The minimum atomic E-state index is 0.203. The van der Waals surface area contributed by atoms with Crippen LogP contribution in [0.5, 0.6) is 0 Å². The fourth-order valence-electron chi connectivity index (χ4n) is 2.41. The third kappa shape index (κ3) is 5.04. The van der Waals surface area contributed by atoms with E-state index in [0.717, 1.165) is 32.4 Å². The summed E-state index contributed by atoms with van der Waals surface area (Å²) in [4.78, 5) is 16.2. The number of nitrogens with zero attached hydrogens (tertiary/aromatic N) is 2. The number of rotatable bonds is 5. The lowest BCUT2D eigenvalue weighted by Gasteiger charge is -2.36. The molecule has 1 saturated heterocycles. The van der Waals surface area contributed by atoms with Gasteiger partial charge in [-0.25, -0.2) is 0 Å². The largest absolute Gasteiger partial charge is 0.341 e. The number of carbonyl (C=O) groups excluding carboxylic acids is 1. The molecule has 0 radical (unpaired) electrons. The maximum absolute atomic E-state index is 12.0. The van der Waals surface area contributed by atoms with E-state index < -0.39 is 0 Å². The fraction of sp³-hybridized carbons (Fsp3) is 0.923. The van der Waals surface area contributed by atoms with Crippen LogP contribution < -0.4 is 5.73 Å². The molecule has 0 spiro atoms. The summed E-state index contributed by atoms with van der Waals surface area (Å²) in [5, 5.41) is 0. The van der Waals surface area contributed by atoms with Crippen molar-refractivity contribution in [1.82, 2.24) is 9.80 Å². The SMILES string of the molecule is CC(N)CCCC(=O)N(C)C1CCCN(C)C1. The smallest absolute Gasteiger partial charge is 0.222 e. The van der Waals surface area contributed by atoms with Crippen molar-refractivity contribution in [3.05, 3.63) is 0 Å². The summed E-state index contributed by atoms with van der Waals surface area (Å²) in [5.41, 5.74) is 5.68. The molecule has 1 fully saturated rings. The Labute approximate surface area is 105 Å². The third-order valence-electron chi connectivity index (χ3n) is 3.59. The second kappa shape index (κ2) is 6.97. The van der Waals surface area contributed by atoms with Crippen LogP contribution in [0.2, 0.25) is 0 Å². The summed E-state index contributed by atoms with van der Waals surface area (Å²) in [5.74, 6) is 0.269. The number of likely N-dealkylation sites (tertiary alicyclic amines) is 1. The van der Waals surface area contributed by atoms with E-state index in [4.69, 9.17) is 5.73 Å². The van der Waals surface area contributed by atoms with Gasteiger partial charge in [0.15, 0.2) is 0 Å². The van der Waals surface area contributed by atoms with Gasteiger partial charge in [-0.15, -0.1) is 0 Å². The summed E-state index contributed by atoms with van der Waals surface area (Å²) in [6.07, 6.45) is 4.81. The average Bonchev–Trinajstić information content (AvgIpc) is 2.27. The molecule has 0 aliphatic carbocycles. The first-order chi connectivity index (χ1) is 8.00. The molecule has 100 valence electrons. The standard InChI is InChI=1S/C13H27N3O/c1-11(14)6-4-8-13(17)16(3)12-7-5-9-15(2)10-12/h11-12H,4-10,14H2,1-3H3. The van der Waals surface area contributed by atoms with E-state index in [1.807, 2.05) is 18.9 Å². The highest BCUT2D eigenvalue weighted by Gasteiger charge is 2.23. The van der Waals surface area contributed by atoms with Crippen molar-refractivity contribution in [3.8, 4) is 0 Å². The minimum absolute atomic E-state index is 0.203. The molecule has 0 bridgehead atoms. The number of piperidine rings is 1. The molecule has 0 aromatic rings. The van der Waals surface area contributed by atoms with Gasteiger partial charge in [0.2, 0.25) is 5.91 Å². The van der Waals surface area contributed by atoms with Gasteiger partial charge in [-0.1, -0.05) is 0 Å². The molecule has 0 aromatic carbocycles. The number of likely N-dealkylation sites (N-methyl/N-ethyl adjacent to an activating group) is 2. The van der Waals surface area contributed by atoms with Gasteiger partial charge in [-0.3, -0.25) is 4.79 Å². The molecule has 2 N–H and O–H groups in total. The topological polar surface area (TPSA) is 49.6 Å². The molecule has 0 aromatic heterocycles. The number of amides is 1. The van der Waals surface area contributed by atoms with Gasteiger partial charge in [0.25, 0.3) is 0 Å². The zero-order valence-electron chi connectivity index (χ0n) is 11.5. The first-order valence-corrected chi connectivity index (χ1v) is 6.70. The van der Waals surface area contributed by atoms with Gasteiger partial charge >= 0.3 is 0 Å². The van der Waals surface area contributed by atoms with Crippen LogP contribution in [0, 0.1) is 0 Å². The van der Waals surface area contributed by atoms with Gasteiger partial charge in [0, 0.05) is 32.1 Å². The average molecular weight is 241 g/mol. The first-order valence-electron chi connectivity index (χ1n) is 6.70. The van der Waals surface area contributed by atoms with E-state index >= 15 is 0 Å². The van der Waals surface area contributed by atoms with Crippen molar-refractivity contribution in [2.45, 2.75) is 51.1 Å². The molecule has 4 nitrogen and oxygen atoms in total. The van der Waals surface area contributed by atoms with Gasteiger partial charge in [0.05, 0.1) is 0 Å². The quantitative estimate of drug-likeness (QED) is 0.783. The number of carbonyl (C=O) groups is 1. The van der Waals surface area contributed by atoms with Gasteiger partial charge < -0.3 is 15.5 Å². The second-order valence-corrected chi connectivity index (χ2v) is 5.43. The van der Waals surface area contributed by atoms with E-state index in [-0.39, 0.29) is 11.9 Å². The zero-order chi connectivity index (χ0) is 12.8. The molecule has 17 heavy (non-hydrogen) atoms. The highest BCUT2D eigenvalue weighted by atomic mass is 16.2. The van der Waals surface area contributed by atoms with Gasteiger partial charge in [0.1, 0.15) is 0 Å². The molecule has 0 saturated carbocycles. The molecule has 1 amide bonds. The van der Waals surface area contributed by atoms with Crippen LogP contribution >= 0.6 is 0 Å². The Balaban J connectivity index is 2.30. The van der Waals surface area contributed by atoms with Crippen LogP contribution in [0.4, 0.5) is 0 Å². The number of hydrogen-bond acceptors (Lipinski definition) is 3. The Morgan fingerprint density at radius 2 is 2.29 bits per heavy atom. The maximum Gasteiger partial charge on any atom is 0.222 e. The van der Waals surface area contributed by atoms with Gasteiger partial charge in [-0.2, -0.15) is 0 Å². The lowest BCUT2D eigenvalue weighted by molar-refractivity contribution is -0.133. The highest BCUT2D eigenvalue weighted by molar-refractivity contribution is 5.76. The van der Waals surface area contributed by atoms with Crippen LogP contribution in [0.3, 0.4) is 0 Å². The van der Waals surface area contributed by atoms with Crippen molar-refractivity contribution in [1.29, 1.82) is 0 Å². The maximum atomic E-state index is 12.0. The Morgan fingerprint density at radius 3 is 2.88 bits per heavy atom. The van der Waals surface area contributed by atoms with Crippen LogP contribution in [-0.4, -0.2) is 55.0 Å². The highest BCUT2D eigenvalue weighted by Crippen LogP contribution is 2.15. The molecule has 1 rings (SSSR count). The molecule has 2 atom stereocenters. The number of nitrogens with two attached hydrogens (primary N) is 1. The van der Waals surface area contributed by atoms with Crippen LogP contribution in [0.25, 0.3) is 0 Å². The van der Waals surface area contributed by atoms with Crippen LogP contribution in [0.1, 0.15) is 39.0 Å². The minimum Gasteiger partial charge on any atom is -0.341 e. The summed E-state index contributed by atoms with van der Waals surface area (Å²) < 4.78 is 0. The van der Waals surface area contributed by atoms with Crippen molar-refractivity contribution in [3.63, 3.8) is 0 Å². The molecule has 2 unspecified atom stereocenters. The number of hydrogen-bond donors (Lipinski definition) is 1. The van der Waals surface area contributed by atoms with E-state index in [0.29, 0.717) is 12.5 Å². The molecular formula is C13H27N3O. The van der Waals surface area contributed by atoms with E-state index in [1.165, 1.54) is 6.42 Å². The van der Waals surface area contributed by atoms with E-state index in [2.05, 4.69) is 11.9 Å². The summed E-state index contributed by atoms with van der Waals surface area (Å²) in [6, 6.07) is 0.602. The third-order valence-corrected chi connectivity index (χ3v) is 3.59.